The maximum atomic E-state index is 8.36. The molecular formula is C23H27N3O2S. The van der Waals surface area contributed by atoms with Crippen molar-refractivity contribution in [3.8, 4) is 0 Å². The highest BCUT2D eigenvalue weighted by Crippen LogP contribution is 2.42. The minimum Gasteiger partial charge on any atom is -0.483 e. The highest BCUT2D eigenvalue weighted by molar-refractivity contribution is 7.09. The van der Waals surface area contributed by atoms with Gasteiger partial charge in [-0.1, -0.05) is 36.4 Å². The molecule has 2 aromatic heterocycles. The van der Waals surface area contributed by atoms with Crippen LogP contribution in [0.3, 0.4) is 0 Å². The lowest BCUT2D eigenvalue weighted by Gasteiger charge is -2.41. The van der Waals surface area contributed by atoms with Crippen LogP contribution in [0.2, 0.25) is 0 Å². The molecule has 0 atom stereocenters. The Morgan fingerprint density at radius 2 is 1.83 bits per heavy atom. The number of nitrogens with zero attached hydrogens (tertiary/aromatic N) is 3. The van der Waals surface area contributed by atoms with Gasteiger partial charge in [0.1, 0.15) is 0 Å². The number of carbonyl (C=O) groups is 1. The molecule has 1 saturated heterocycles. The van der Waals surface area contributed by atoms with Gasteiger partial charge in [-0.15, -0.1) is 11.3 Å². The van der Waals surface area contributed by atoms with Crippen LogP contribution in [-0.4, -0.2) is 39.5 Å². The molecule has 5 nitrogen and oxygen atoms in total. The second-order valence-corrected chi connectivity index (χ2v) is 8.45. The molecule has 0 radical (unpaired) electrons. The van der Waals surface area contributed by atoms with E-state index in [0.717, 1.165) is 43.2 Å². The molecule has 1 N–H and O–H groups in total. The van der Waals surface area contributed by atoms with E-state index in [1.54, 1.807) is 11.3 Å². The summed E-state index contributed by atoms with van der Waals surface area (Å²) in [4.78, 5) is 20.2. The van der Waals surface area contributed by atoms with E-state index in [1.807, 2.05) is 13.1 Å². The zero-order chi connectivity index (χ0) is 20.7. The molecule has 29 heavy (non-hydrogen) atoms. The first-order valence-corrected chi connectivity index (χ1v) is 10.7. The summed E-state index contributed by atoms with van der Waals surface area (Å²) in [6, 6.07) is 15.3. The van der Waals surface area contributed by atoms with Crippen molar-refractivity contribution < 1.29 is 9.90 Å². The first-order chi connectivity index (χ1) is 14.1. The Labute approximate surface area is 176 Å². The van der Waals surface area contributed by atoms with Gasteiger partial charge in [0.25, 0.3) is 6.47 Å². The van der Waals surface area contributed by atoms with Crippen molar-refractivity contribution in [1.82, 2.24) is 14.9 Å². The van der Waals surface area contributed by atoms with Crippen LogP contribution >= 0.6 is 11.3 Å². The van der Waals surface area contributed by atoms with E-state index in [2.05, 4.69) is 64.7 Å². The number of thiazole rings is 1. The molecule has 0 amide bonds. The Morgan fingerprint density at radius 1 is 1.14 bits per heavy atom. The number of hydrogen-bond donors (Lipinski definition) is 1. The SMILES string of the molecule is Cc1ccc(CN2CCC(c3ccccc3)(c3csc(C)n3)CC2)cn1.O=CO. The van der Waals surface area contributed by atoms with Crippen molar-refractivity contribution in [3.05, 3.63) is 81.6 Å². The normalized spacial score (nSPS) is 15.9. The lowest BCUT2D eigenvalue weighted by Crippen LogP contribution is -2.43. The molecular weight excluding hydrogens is 382 g/mol. The van der Waals surface area contributed by atoms with Crippen molar-refractivity contribution in [2.45, 2.75) is 38.6 Å². The number of piperidine rings is 1. The van der Waals surface area contributed by atoms with Gasteiger partial charge in [-0.05, 0) is 57.0 Å². The van der Waals surface area contributed by atoms with Gasteiger partial charge in [0.05, 0.1) is 10.7 Å². The van der Waals surface area contributed by atoms with Gasteiger partial charge in [0.2, 0.25) is 0 Å². The minimum absolute atomic E-state index is 0.0496. The fourth-order valence-corrected chi connectivity index (χ4v) is 4.69. The fraction of sp³-hybridized carbons (Fsp3) is 0.348. The zero-order valence-corrected chi connectivity index (χ0v) is 17.7. The number of pyridine rings is 1. The third kappa shape index (κ3) is 5.08. The summed E-state index contributed by atoms with van der Waals surface area (Å²) in [5.41, 5.74) is 5.08. The largest absolute Gasteiger partial charge is 0.483 e. The summed E-state index contributed by atoms with van der Waals surface area (Å²) in [5, 5.41) is 10.3. The maximum absolute atomic E-state index is 8.36. The smallest absolute Gasteiger partial charge is 0.290 e. The second kappa shape index (κ2) is 9.76. The molecule has 1 aliphatic heterocycles. The van der Waals surface area contributed by atoms with Crippen molar-refractivity contribution in [1.29, 1.82) is 0 Å². The van der Waals surface area contributed by atoms with Crippen molar-refractivity contribution in [3.63, 3.8) is 0 Å². The number of hydrogen-bond acceptors (Lipinski definition) is 5. The van der Waals surface area contributed by atoms with Crippen molar-refractivity contribution >= 4 is 17.8 Å². The Kier molecular flexibility index (Phi) is 7.12. The van der Waals surface area contributed by atoms with Crippen LogP contribution in [0.1, 0.15) is 40.4 Å². The topological polar surface area (TPSA) is 66.3 Å². The van der Waals surface area contributed by atoms with Crippen LogP contribution in [0.25, 0.3) is 0 Å². The summed E-state index contributed by atoms with van der Waals surface area (Å²) in [6.07, 6.45) is 4.23. The highest BCUT2D eigenvalue weighted by atomic mass is 32.1. The molecule has 1 fully saturated rings. The van der Waals surface area contributed by atoms with E-state index in [4.69, 9.17) is 14.9 Å². The molecule has 1 aliphatic rings. The van der Waals surface area contributed by atoms with Crippen LogP contribution in [0.4, 0.5) is 0 Å². The molecule has 6 heteroatoms. The summed E-state index contributed by atoms with van der Waals surface area (Å²) in [6.45, 7) is 7.04. The van der Waals surface area contributed by atoms with E-state index in [1.165, 1.54) is 16.8 Å². The Balaban J connectivity index is 0.000000755. The standard InChI is InChI=1S/C22H25N3S.CH2O2/c1-17-8-9-19(14-23-17)15-25-12-10-22(11-13-25,20-6-4-3-5-7-20)21-16-26-18(2)24-21;2-1-3/h3-9,14,16H,10-13,15H2,1-2H3;1H,(H,2,3). The molecule has 0 saturated carbocycles. The van der Waals surface area contributed by atoms with Crippen molar-refractivity contribution in [2.75, 3.05) is 13.1 Å². The third-order valence-electron chi connectivity index (χ3n) is 5.52. The number of aromatic nitrogens is 2. The average molecular weight is 410 g/mol. The number of likely N-dealkylation sites (tertiary alicyclic amines) is 1. The molecule has 3 heterocycles. The third-order valence-corrected chi connectivity index (χ3v) is 6.30. The minimum atomic E-state index is -0.250. The summed E-state index contributed by atoms with van der Waals surface area (Å²) in [5.74, 6) is 0. The van der Waals surface area contributed by atoms with Crippen LogP contribution < -0.4 is 0 Å². The van der Waals surface area contributed by atoms with E-state index >= 15 is 0 Å². The predicted octanol–water partition coefficient (Wildman–Crippen LogP) is 4.44. The zero-order valence-electron chi connectivity index (χ0n) is 16.9. The monoisotopic (exact) mass is 409 g/mol. The first kappa shape index (κ1) is 21.1. The van der Waals surface area contributed by atoms with Crippen LogP contribution in [0.5, 0.6) is 0 Å². The fourth-order valence-electron chi connectivity index (χ4n) is 3.98. The Bertz CT molecular complexity index is 901. The van der Waals surface area contributed by atoms with Gasteiger partial charge in [0.15, 0.2) is 0 Å². The van der Waals surface area contributed by atoms with Crippen LogP contribution in [0, 0.1) is 13.8 Å². The molecule has 3 aromatic rings. The van der Waals surface area contributed by atoms with Crippen molar-refractivity contribution in [2.24, 2.45) is 0 Å². The van der Waals surface area contributed by atoms with Gasteiger partial charge in [-0.2, -0.15) is 0 Å². The second-order valence-electron chi connectivity index (χ2n) is 7.39. The summed E-state index contributed by atoms with van der Waals surface area (Å²) >= 11 is 1.76. The highest BCUT2D eigenvalue weighted by Gasteiger charge is 2.39. The lowest BCUT2D eigenvalue weighted by molar-refractivity contribution is -0.122. The quantitative estimate of drug-likeness (QED) is 0.646. The molecule has 4 rings (SSSR count). The van der Waals surface area contributed by atoms with Gasteiger partial charge in [0, 0.05) is 29.2 Å². The lowest BCUT2D eigenvalue weighted by atomic mass is 9.70. The number of benzene rings is 1. The number of aryl methyl sites for hydroxylation is 2. The first-order valence-electron chi connectivity index (χ1n) is 9.77. The van der Waals surface area contributed by atoms with Gasteiger partial charge in [-0.3, -0.25) is 14.7 Å². The van der Waals surface area contributed by atoms with E-state index in [0.29, 0.717) is 0 Å². The summed E-state index contributed by atoms with van der Waals surface area (Å²) < 4.78 is 0. The van der Waals surface area contributed by atoms with E-state index in [9.17, 15) is 0 Å². The number of rotatable bonds is 4. The maximum Gasteiger partial charge on any atom is 0.290 e. The predicted molar refractivity (Wildman–Crippen MR) is 116 cm³/mol. The average Bonchev–Trinajstić information content (AvgIpc) is 3.18. The Hall–Kier alpha value is -2.57. The van der Waals surface area contributed by atoms with Gasteiger partial charge >= 0.3 is 0 Å². The van der Waals surface area contributed by atoms with Gasteiger partial charge in [-0.25, -0.2) is 4.98 Å². The van der Waals surface area contributed by atoms with Gasteiger partial charge < -0.3 is 5.11 Å². The van der Waals surface area contributed by atoms with E-state index < -0.39 is 0 Å². The molecule has 0 unspecified atom stereocenters. The van der Waals surface area contributed by atoms with Crippen LogP contribution in [-0.2, 0) is 16.8 Å². The molecule has 0 bridgehead atoms. The molecule has 0 aliphatic carbocycles. The molecule has 152 valence electrons. The number of carboxylic acid groups (broad SMARTS) is 1. The van der Waals surface area contributed by atoms with Crippen LogP contribution in [0.15, 0.2) is 54.0 Å². The molecule has 1 aromatic carbocycles. The summed E-state index contributed by atoms with van der Waals surface area (Å²) in [7, 11) is 0. The molecule has 0 spiro atoms. The van der Waals surface area contributed by atoms with E-state index in [-0.39, 0.29) is 11.9 Å². The Morgan fingerprint density at radius 3 is 2.38 bits per heavy atom.